The molecule has 3 rings (SSSR count). The highest BCUT2D eigenvalue weighted by molar-refractivity contribution is 7.86. The topological polar surface area (TPSA) is 75.9 Å². The normalized spacial score (nSPS) is 25.4. The summed E-state index contributed by atoms with van der Waals surface area (Å²) in [6.07, 6.45) is 3.80. The molecule has 0 aromatic carbocycles. The Morgan fingerprint density at radius 2 is 2.00 bits per heavy atom. The van der Waals surface area contributed by atoms with Gasteiger partial charge in [-0.25, -0.2) is 5.14 Å². The maximum absolute atomic E-state index is 11.3. The van der Waals surface area contributed by atoms with Crippen molar-refractivity contribution in [2.75, 3.05) is 32.8 Å². The number of nitrogens with zero attached hydrogens (tertiary/aromatic N) is 2. The third kappa shape index (κ3) is 4.06. The molecule has 22 heavy (non-hydrogen) atoms. The average molecular weight is 345 g/mol. The van der Waals surface area contributed by atoms with E-state index in [-0.39, 0.29) is 6.10 Å². The lowest BCUT2D eigenvalue weighted by Crippen LogP contribution is -2.50. The molecule has 0 aliphatic carbocycles. The standard InChI is InChI=1S/C14H23N3O3S2/c15-22(18,19)17-8-6-16(7-9-17)11-12-4-5-14(21-12)13-3-1-2-10-20-13/h4-5,13H,1-3,6-11H2,(H2,15,18,19)/t13-/m1/s1. The van der Waals surface area contributed by atoms with Gasteiger partial charge in [0.1, 0.15) is 0 Å². The minimum atomic E-state index is -3.54. The molecule has 0 unspecified atom stereocenters. The van der Waals surface area contributed by atoms with Crippen LogP contribution in [0.25, 0.3) is 0 Å². The molecule has 0 saturated carbocycles. The van der Waals surface area contributed by atoms with Crippen molar-refractivity contribution in [3.63, 3.8) is 0 Å². The van der Waals surface area contributed by atoms with Crippen LogP contribution in [-0.2, 0) is 21.5 Å². The molecule has 1 aromatic rings. The summed E-state index contributed by atoms with van der Waals surface area (Å²) >= 11 is 1.82. The second kappa shape index (κ2) is 6.94. The van der Waals surface area contributed by atoms with Gasteiger partial charge in [-0.3, -0.25) is 4.90 Å². The molecule has 0 amide bonds. The molecular formula is C14H23N3O3S2. The van der Waals surface area contributed by atoms with Gasteiger partial charge in [0, 0.05) is 49.1 Å². The Kier molecular flexibility index (Phi) is 5.16. The van der Waals surface area contributed by atoms with Gasteiger partial charge in [-0.05, 0) is 31.4 Å². The molecular weight excluding hydrogens is 322 g/mol. The molecule has 2 aliphatic heterocycles. The van der Waals surface area contributed by atoms with E-state index in [0.717, 1.165) is 32.7 Å². The van der Waals surface area contributed by atoms with E-state index in [1.165, 1.54) is 26.9 Å². The number of thiophene rings is 1. The van der Waals surface area contributed by atoms with Crippen molar-refractivity contribution in [3.8, 4) is 0 Å². The van der Waals surface area contributed by atoms with Gasteiger partial charge in [0.25, 0.3) is 10.2 Å². The van der Waals surface area contributed by atoms with Crippen LogP contribution in [0.5, 0.6) is 0 Å². The van der Waals surface area contributed by atoms with Crippen molar-refractivity contribution in [2.24, 2.45) is 5.14 Å². The fourth-order valence-electron chi connectivity index (χ4n) is 2.98. The molecule has 2 N–H and O–H groups in total. The van der Waals surface area contributed by atoms with Gasteiger partial charge < -0.3 is 4.74 Å². The van der Waals surface area contributed by atoms with Crippen LogP contribution < -0.4 is 5.14 Å². The predicted molar refractivity (Wildman–Crippen MR) is 86.8 cm³/mol. The largest absolute Gasteiger partial charge is 0.373 e. The van der Waals surface area contributed by atoms with E-state index < -0.39 is 10.2 Å². The van der Waals surface area contributed by atoms with Crippen molar-refractivity contribution >= 4 is 21.5 Å². The highest BCUT2D eigenvalue weighted by Gasteiger charge is 2.24. The smallest absolute Gasteiger partial charge is 0.276 e. The molecule has 8 heteroatoms. The first-order valence-electron chi connectivity index (χ1n) is 7.73. The van der Waals surface area contributed by atoms with E-state index in [9.17, 15) is 8.42 Å². The zero-order valence-corrected chi connectivity index (χ0v) is 14.2. The fourth-order valence-corrected chi connectivity index (χ4v) is 4.79. The summed E-state index contributed by atoms with van der Waals surface area (Å²) in [7, 11) is -3.54. The van der Waals surface area contributed by atoms with Crippen LogP contribution in [0.3, 0.4) is 0 Å². The maximum Gasteiger partial charge on any atom is 0.276 e. The first-order valence-corrected chi connectivity index (χ1v) is 10.0. The second-order valence-corrected chi connectivity index (χ2v) is 8.63. The van der Waals surface area contributed by atoms with Crippen LogP contribution in [0.2, 0.25) is 0 Å². The zero-order valence-electron chi connectivity index (χ0n) is 12.6. The summed E-state index contributed by atoms with van der Waals surface area (Å²) in [5.74, 6) is 0. The van der Waals surface area contributed by atoms with Crippen molar-refractivity contribution in [1.29, 1.82) is 0 Å². The van der Waals surface area contributed by atoms with Gasteiger partial charge in [-0.15, -0.1) is 11.3 Å². The lowest BCUT2D eigenvalue weighted by Gasteiger charge is -2.32. The summed E-state index contributed by atoms with van der Waals surface area (Å²) in [5, 5.41) is 5.16. The lowest BCUT2D eigenvalue weighted by molar-refractivity contribution is 0.0172. The SMILES string of the molecule is NS(=O)(=O)N1CCN(Cc2ccc([C@H]3CCCCO3)s2)CC1. The zero-order chi connectivity index (χ0) is 15.6. The summed E-state index contributed by atoms with van der Waals surface area (Å²) < 4.78 is 29.8. The second-order valence-electron chi connectivity index (χ2n) is 5.88. The first kappa shape index (κ1) is 16.4. The quantitative estimate of drug-likeness (QED) is 0.893. The Balaban J connectivity index is 1.53. The maximum atomic E-state index is 11.3. The molecule has 3 heterocycles. The van der Waals surface area contributed by atoms with E-state index in [2.05, 4.69) is 17.0 Å². The van der Waals surface area contributed by atoms with Crippen molar-refractivity contribution in [2.45, 2.75) is 31.9 Å². The summed E-state index contributed by atoms with van der Waals surface area (Å²) in [4.78, 5) is 4.91. The molecule has 1 aromatic heterocycles. The lowest BCUT2D eigenvalue weighted by atomic mass is 10.1. The number of rotatable bonds is 4. The van der Waals surface area contributed by atoms with Gasteiger partial charge in [0.15, 0.2) is 0 Å². The van der Waals surface area contributed by atoms with Crippen LogP contribution in [0, 0.1) is 0 Å². The fraction of sp³-hybridized carbons (Fsp3) is 0.714. The van der Waals surface area contributed by atoms with Gasteiger partial charge in [0.2, 0.25) is 0 Å². The first-order chi connectivity index (χ1) is 10.5. The number of hydrogen-bond acceptors (Lipinski definition) is 5. The van der Waals surface area contributed by atoms with Crippen LogP contribution in [0.4, 0.5) is 0 Å². The Bertz CT molecular complexity index is 588. The molecule has 6 nitrogen and oxygen atoms in total. The third-order valence-corrected chi connectivity index (χ3v) is 6.50. The van der Waals surface area contributed by atoms with E-state index in [1.54, 1.807) is 0 Å². The highest BCUT2D eigenvalue weighted by atomic mass is 32.2. The van der Waals surface area contributed by atoms with Crippen LogP contribution in [0.15, 0.2) is 12.1 Å². The molecule has 2 fully saturated rings. The summed E-state index contributed by atoms with van der Waals surface area (Å²) in [6, 6.07) is 4.35. The van der Waals surface area contributed by atoms with Crippen molar-refractivity contribution < 1.29 is 13.2 Å². The van der Waals surface area contributed by atoms with Crippen LogP contribution >= 0.6 is 11.3 Å². The van der Waals surface area contributed by atoms with E-state index in [0.29, 0.717) is 13.1 Å². The van der Waals surface area contributed by atoms with Crippen molar-refractivity contribution in [1.82, 2.24) is 9.21 Å². The predicted octanol–water partition coefficient (Wildman–Crippen LogP) is 1.31. The molecule has 0 radical (unpaired) electrons. The van der Waals surface area contributed by atoms with Gasteiger partial charge in [-0.2, -0.15) is 12.7 Å². The average Bonchev–Trinajstić information content (AvgIpc) is 2.96. The van der Waals surface area contributed by atoms with E-state index in [1.807, 2.05) is 11.3 Å². The number of nitrogens with two attached hydrogens (primary N) is 1. The van der Waals surface area contributed by atoms with E-state index >= 15 is 0 Å². The minimum Gasteiger partial charge on any atom is -0.373 e. The van der Waals surface area contributed by atoms with E-state index in [4.69, 9.17) is 9.88 Å². The van der Waals surface area contributed by atoms with Crippen molar-refractivity contribution in [3.05, 3.63) is 21.9 Å². The molecule has 0 spiro atoms. The number of piperazine rings is 1. The molecule has 1 atom stereocenters. The Morgan fingerprint density at radius 3 is 2.64 bits per heavy atom. The van der Waals surface area contributed by atoms with Gasteiger partial charge in [-0.1, -0.05) is 0 Å². The molecule has 2 aliphatic rings. The molecule has 124 valence electrons. The number of ether oxygens (including phenoxy) is 1. The van der Waals surface area contributed by atoms with Gasteiger partial charge in [0.05, 0.1) is 6.10 Å². The van der Waals surface area contributed by atoms with Crippen LogP contribution in [-0.4, -0.2) is 50.4 Å². The monoisotopic (exact) mass is 345 g/mol. The summed E-state index contributed by atoms with van der Waals surface area (Å²) in [5.41, 5.74) is 0. The Labute approximate surface area is 136 Å². The molecule has 2 saturated heterocycles. The molecule has 0 bridgehead atoms. The third-order valence-electron chi connectivity index (χ3n) is 4.25. The van der Waals surface area contributed by atoms with Crippen LogP contribution in [0.1, 0.15) is 35.1 Å². The van der Waals surface area contributed by atoms with Gasteiger partial charge >= 0.3 is 0 Å². The summed E-state index contributed by atoms with van der Waals surface area (Å²) in [6.45, 7) is 4.14. The number of hydrogen-bond donors (Lipinski definition) is 1. The Hall–Kier alpha value is -0.510. The highest BCUT2D eigenvalue weighted by Crippen LogP contribution is 2.33. The minimum absolute atomic E-state index is 0.270. The Morgan fingerprint density at radius 1 is 1.23 bits per heavy atom.